The molecule has 2 fully saturated rings. The van der Waals surface area contributed by atoms with E-state index in [-0.39, 0.29) is 11.6 Å². The van der Waals surface area contributed by atoms with E-state index in [1.54, 1.807) is 11.3 Å². The third-order valence-corrected chi connectivity index (χ3v) is 6.13. The van der Waals surface area contributed by atoms with E-state index in [4.69, 9.17) is 9.26 Å². The van der Waals surface area contributed by atoms with Gasteiger partial charge < -0.3 is 14.2 Å². The molecule has 27 heavy (non-hydrogen) atoms. The fraction of sp³-hybridized carbons (Fsp3) is 0.632. The smallest absolute Gasteiger partial charge is 0.410 e. The van der Waals surface area contributed by atoms with E-state index >= 15 is 0 Å². The molecular formula is C19H26N4O3S. The van der Waals surface area contributed by atoms with Gasteiger partial charge in [-0.15, -0.1) is 11.3 Å². The topological polar surface area (TPSA) is 71.7 Å². The maximum Gasteiger partial charge on any atom is 0.410 e. The van der Waals surface area contributed by atoms with Crippen LogP contribution in [0, 0.1) is 0 Å². The Labute approximate surface area is 163 Å². The van der Waals surface area contributed by atoms with Gasteiger partial charge in [0.15, 0.2) is 0 Å². The van der Waals surface area contributed by atoms with Crippen molar-refractivity contribution in [1.82, 2.24) is 19.9 Å². The number of hydrogen-bond acceptors (Lipinski definition) is 7. The highest BCUT2D eigenvalue weighted by Gasteiger charge is 2.49. The molecule has 0 radical (unpaired) electrons. The summed E-state index contributed by atoms with van der Waals surface area (Å²) in [6.07, 6.45) is 2.93. The van der Waals surface area contributed by atoms with Crippen LogP contribution in [0.15, 0.2) is 22.0 Å². The average Bonchev–Trinajstić information content (AvgIpc) is 3.28. The van der Waals surface area contributed by atoms with Crippen molar-refractivity contribution in [3.63, 3.8) is 0 Å². The molecule has 0 bridgehead atoms. The normalized spacial score (nSPS) is 23.4. The Morgan fingerprint density at radius 3 is 2.89 bits per heavy atom. The van der Waals surface area contributed by atoms with Crippen molar-refractivity contribution in [2.24, 2.45) is 0 Å². The van der Waals surface area contributed by atoms with Gasteiger partial charge >= 0.3 is 6.09 Å². The zero-order valence-corrected chi connectivity index (χ0v) is 16.9. The summed E-state index contributed by atoms with van der Waals surface area (Å²) in [5.41, 5.74) is -0.463. The van der Waals surface area contributed by atoms with Crippen LogP contribution in [0.4, 0.5) is 4.79 Å². The highest BCUT2D eigenvalue weighted by molar-refractivity contribution is 7.13. The number of likely N-dealkylation sites (tertiary alicyclic amines) is 2. The Kier molecular flexibility index (Phi) is 4.71. The highest BCUT2D eigenvalue weighted by atomic mass is 32.1. The Morgan fingerprint density at radius 2 is 2.22 bits per heavy atom. The van der Waals surface area contributed by atoms with Crippen LogP contribution < -0.4 is 0 Å². The lowest BCUT2D eigenvalue weighted by Gasteiger charge is -2.56. The van der Waals surface area contributed by atoms with Crippen molar-refractivity contribution >= 4 is 17.4 Å². The lowest BCUT2D eigenvalue weighted by molar-refractivity contribution is -0.0783. The molecule has 0 aliphatic carbocycles. The molecule has 1 atom stereocenters. The van der Waals surface area contributed by atoms with E-state index in [0.717, 1.165) is 37.2 Å². The highest BCUT2D eigenvalue weighted by Crippen LogP contribution is 2.40. The molecule has 2 aromatic heterocycles. The van der Waals surface area contributed by atoms with Gasteiger partial charge in [-0.2, -0.15) is 4.98 Å². The van der Waals surface area contributed by atoms with Crippen molar-refractivity contribution < 1.29 is 14.1 Å². The Hall–Kier alpha value is -1.93. The summed E-state index contributed by atoms with van der Waals surface area (Å²) >= 11 is 1.60. The lowest BCUT2D eigenvalue weighted by Crippen LogP contribution is -2.67. The van der Waals surface area contributed by atoms with E-state index in [2.05, 4.69) is 15.0 Å². The maximum atomic E-state index is 12.5. The minimum atomic E-state index is -0.469. The van der Waals surface area contributed by atoms with Gasteiger partial charge in [-0.05, 0) is 51.5 Å². The summed E-state index contributed by atoms with van der Waals surface area (Å²) in [4.78, 5) is 22.3. The molecule has 4 rings (SSSR count). The van der Waals surface area contributed by atoms with E-state index < -0.39 is 5.60 Å². The van der Waals surface area contributed by atoms with Crippen LogP contribution in [0.3, 0.4) is 0 Å². The molecular weight excluding hydrogens is 364 g/mol. The fourth-order valence-corrected chi connectivity index (χ4v) is 4.53. The van der Waals surface area contributed by atoms with Crippen LogP contribution >= 0.6 is 11.3 Å². The van der Waals surface area contributed by atoms with Crippen molar-refractivity contribution in [3.05, 3.63) is 23.4 Å². The number of ether oxygens (including phenoxy) is 1. The quantitative estimate of drug-likeness (QED) is 0.794. The number of carbonyl (C=O) groups is 1. The Balaban J connectivity index is 1.41. The van der Waals surface area contributed by atoms with Gasteiger partial charge in [0.05, 0.1) is 11.4 Å². The van der Waals surface area contributed by atoms with Crippen LogP contribution in [0.1, 0.15) is 45.9 Å². The monoisotopic (exact) mass is 390 g/mol. The first-order chi connectivity index (χ1) is 12.8. The first-order valence-corrected chi connectivity index (χ1v) is 10.3. The number of rotatable bonds is 3. The second kappa shape index (κ2) is 6.91. The van der Waals surface area contributed by atoms with Crippen LogP contribution in [0.5, 0.6) is 0 Å². The molecule has 0 aromatic carbocycles. The number of piperidine rings is 1. The van der Waals surface area contributed by atoms with Gasteiger partial charge in [-0.25, -0.2) is 4.79 Å². The molecule has 2 saturated heterocycles. The molecule has 2 aliphatic heterocycles. The molecule has 8 heteroatoms. The molecule has 2 aromatic rings. The van der Waals surface area contributed by atoms with E-state index in [1.807, 2.05) is 43.2 Å². The molecule has 146 valence electrons. The van der Waals surface area contributed by atoms with Crippen LogP contribution in [0.25, 0.3) is 10.7 Å². The van der Waals surface area contributed by atoms with E-state index in [9.17, 15) is 4.79 Å². The number of nitrogens with zero attached hydrogens (tertiary/aromatic N) is 4. The summed E-state index contributed by atoms with van der Waals surface area (Å²) in [6, 6.07) is 3.97. The van der Waals surface area contributed by atoms with Gasteiger partial charge in [0.2, 0.25) is 11.7 Å². The van der Waals surface area contributed by atoms with Gasteiger partial charge in [0.25, 0.3) is 0 Å². The van der Waals surface area contributed by atoms with Gasteiger partial charge in [-0.3, -0.25) is 4.90 Å². The molecule has 0 N–H and O–H groups in total. The molecule has 2 aliphatic rings. The molecule has 7 nitrogen and oxygen atoms in total. The lowest BCUT2D eigenvalue weighted by atomic mass is 9.77. The molecule has 0 saturated carbocycles. The summed E-state index contributed by atoms with van der Waals surface area (Å²) in [7, 11) is 0. The molecule has 1 spiro atoms. The van der Waals surface area contributed by atoms with Crippen LogP contribution in [-0.4, -0.2) is 56.8 Å². The third kappa shape index (κ3) is 3.87. The third-order valence-electron chi connectivity index (χ3n) is 5.26. The van der Waals surface area contributed by atoms with Crippen LogP contribution in [0.2, 0.25) is 0 Å². The fourth-order valence-electron chi connectivity index (χ4n) is 3.88. The van der Waals surface area contributed by atoms with Crippen molar-refractivity contribution in [2.75, 3.05) is 19.6 Å². The summed E-state index contributed by atoms with van der Waals surface area (Å²) in [5.74, 6) is 1.28. The van der Waals surface area contributed by atoms with E-state index in [0.29, 0.717) is 24.8 Å². The van der Waals surface area contributed by atoms with Crippen molar-refractivity contribution in [3.8, 4) is 10.7 Å². The standard InChI is InChI=1S/C19H26N4O3S/c1-18(2,3)25-17(24)22-9-5-7-19(13-22)8-10-23(19)12-15-20-16(21-26-15)14-6-4-11-27-14/h4,6,11H,5,7-10,12-13H2,1-3H3/t19-/m0/s1. The molecule has 1 amide bonds. The van der Waals surface area contributed by atoms with Gasteiger partial charge in [-0.1, -0.05) is 11.2 Å². The zero-order valence-electron chi connectivity index (χ0n) is 16.1. The number of thiophene rings is 1. The first-order valence-electron chi connectivity index (χ1n) is 9.44. The summed E-state index contributed by atoms with van der Waals surface area (Å²) < 4.78 is 11.0. The maximum absolute atomic E-state index is 12.5. The summed E-state index contributed by atoms with van der Waals surface area (Å²) in [6.45, 7) is 8.78. The number of aromatic nitrogens is 2. The molecule has 4 heterocycles. The Morgan fingerprint density at radius 1 is 1.37 bits per heavy atom. The number of hydrogen-bond donors (Lipinski definition) is 0. The SMILES string of the molecule is CC(C)(C)OC(=O)N1CCC[C@]2(CCN2Cc2nc(-c3cccs3)no2)C1. The average molecular weight is 391 g/mol. The first kappa shape index (κ1) is 18.4. The second-order valence-electron chi connectivity index (χ2n) is 8.39. The zero-order chi connectivity index (χ0) is 19.1. The van der Waals surface area contributed by atoms with Crippen molar-refractivity contribution in [2.45, 2.75) is 57.7 Å². The minimum Gasteiger partial charge on any atom is -0.444 e. The Bertz CT molecular complexity index is 798. The number of carbonyl (C=O) groups excluding carboxylic acids is 1. The number of amides is 1. The largest absolute Gasteiger partial charge is 0.444 e. The summed E-state index contributed by atoms with van der Waals surface area (Å²) in [5, 5.41) is 6.10. The van der Waals surface area contributed by atoms with Gasteiger partial charge in [0.1, 0.15) is 5.60 Å². The van der Waals surface area contributed by atoms with Crippen molar-refractivity contribution in [1.29, 1.82) is 0 Å². The minimum absolute atomic E-state index is 0.00667. The predicted molar refractivity (Wildman–Crippen MR) is 102 cm³/mol. The second-order valence-corrected chi connectivity index (χ2v) is 9.34. The predicted octanol–water partition coefficient (Wildman–Crippen LogP) is 3.77. The van der Waals surface area contributed by atoms with Crippen LogP contribution in [-0.2, 0) is 11.3 Å². The van der Waals surface area contributed by atoms with Gasteiger partial charge in [0, 0.05) is 25.2 Å². The molecule has 0 unspecified atom stereocenters. The van der Waals surface area contributed by atoms with E-state index in [1.165, 1.54) is 0 Å².